The Bertz CT molecular complexity index is 514. The zero-order valence-electron chi connectivity index (χ0n) is 12.4. The number of aromatic hydroxyl groups is 1. The number of hydrogen-bond donors (Lipinski definition) is 1. The highest BCUT2D eigenvalue weighted by atomic mass is 79.9. The minimum atomic E-state index is -0.238. The van der Waals surface area contributed by atoms with Crippen LogP contribution in [0.15, 0.2) is 16.6 Å². The van der Waals surface area contributed by atoms with Crippen LogP contribution in [0.3, 0.4) is 0 Å². The second-order valence-corrected chi connectivity index (χ2v) is 6.11. The van der Waals surface area contributed by atoms with E-state index in [0.29, 0.717) is 32.0 Å². The highest BCUT2D eigenvalue weighted by Gasteiger charge is 2.22. The average molecular weight is 357 g/mol. The number of piperazine rings is 1. The Morgan fingerprint density at radius 2 is 2.00 bits per heavy atom. The van der Waals surface area contributed by atoms with Gasteiger partial charge >= 0.3 is 6.09 Å². The van der Waals surface area contributed by atoms with Gasteiger partial charge in [-0.25, -0.2) is 4.79 Å². The van der Waals surface area contributed by atoms with Gasteiger partial charge in [-0.15, -0.1) is 0 Å². The quantitative estimate of drug-likeness (QED) is 0.904. The molecular weight excluding hydrogens is 336 g/mol. The Kier molecular flexibility index (Phi) is 5.47. The van der Waals surface area contributed by atoms with Crippen molar-refractivity contribution in [3.05, 3.63) is 27.7 Å². The van der Waals surface area contributed by atoms with Gasteiger partial charge in [0.25, 0.3) is 0 Å². The molecule has 1 aromatic rings. The number of halogens is 1. The lowest BCUT2D eigenvalue weighted by atomic mass is 10.1. The molecule has 1 aromatic carbocycles. The van der Waals surface area contributed by atoms with Crippen molar-refractivity contribution in [2.45, 2.75) is 20.4 Å². The number of hydrogen-bond acceptors (Lipinski definition) is 4. The Balaban J connectivity index is 1.93. The van der Waals surface area contributed by atoms with Crippen LogP contribution in [0.4, 0.5) is 4.79 Å². The van der Waals surface area contributed by atoms with Crippen molar-refractivity contribution < 1.29 is 14.6 Å². The fourth-order valence-electron chi connectivity index (χ4n) is 2.47. The highest BCUT2D eigenvalue weighted by molar-refractivity contribution is 9.10. The molecular formula is C15H21BrN2O3. The molecule has 0 aromatic heterocycles. The number of benzene rings is 1. The lowest BCUT2D eigenvalue weighted by Crippen LogP contribution is -2.48. The van der Waals surface area contributed by atoms with Crippen LogP contribution in [0.2, 0.25) is 0 Å². The number of aryl methyl sites for hydroxylation is 1. The predicted octanol–water partition coefficient (Wildman–Crippen LogP) is 2.74. The van der Waals surface area contributed by atoms with Gasteiger partial charge < -0.3 is 14.7 Å². The summed E-state index contributed by atoms with van der Waals surface area (Å²) in [5, 5.41) is 10.1. The largest absolute Gasteiger partial charge is 0.507 e. The maximum atomic E-state index is 11.6. The van der Waals surface area contributed by atoms with Gasteiger partial charge in [0.15, 0.2) is 0 Å². The van der Waals surface area contributed by atoms with E-state index < -0.39 is 0 Å². The first-order valence-electron chi connectivity index (χ1n) is 7.13. The average Bonchev–Trinajstić information content (AvgIpc) is 2.45. The van der Waals surface area contributed by atoms with Crippen LogP contribution in [-0.4, -0.2) is 53.8 Å². The molecule has 6 heteroatoms. The summed E-state index contributed by atoms with van der Waals surface area (Å²) in [6.07, 6.45) is -0.238. The maximum Gasteiger partial charge on any atom is 0.409 e. The van der Waals surface area contributed by atoms with E-state index >= 15 is 0 Å². The van der Waals surface area contributed by atoms with E-state index in [4.69, 9.17) is 4.74 Å². The molecule has 1 fully saturated rings. The summed E-state index contributed by atoms with van der Waals surface area (Å²) in [4.78, 5) is 15.6. The van der Waals surface area contributed by atoms with Crippen LogP contribution in [-0.2, 0) is 11.3 Å². The van der Waals surface area contributed by atoms with E-state index in [-0.39, 0.29) is 6.09 Å². The van der Waals surface area contributed by atoms with Crippen molar-refractivity contribution in [1.29, 1.82) is 0 Å². The second kappa shape index (κ2) is 7.13. The van der Waals surface area contributed by atoms with E-state index in [1.54, 1.807) is 4.90 Å². The highest BCUT2D eigenvalue weighted by Crippen LogP contribution is 2.28. The van der Waals surface area contributed by atoms with Gasteiger partial charge in [0.05, 0.1) is 6.61 Å². The molecule has 2 rings (SSSR count). The first kappa shape index (κ1) is 16.1. The van der Waals surface area contributed by atoms with E-state index in [1.807, 2.05) is 26.0 Å². The predicted molar refractivity (Wildman–Crippen MR) is 84.4 cm³/mol. The van der Waals surface area contributed by atoms with Crippen LogP contribution in [0.25, 0.3) is 0 Å². The Morgan fingerprint density at radius 3 is 2.62 bits per heavy atom. The molecule has 1 N–H and O–H groups in total. The van der Waals surface area contributed by atoms with Crippen LogP contribution >= 0.6 is 15.9 Å². The van der Waals surface area contributed by atoms with Gasteiger partial charge in [-0.05, 0) is 31.5 Å². The summed E-state index contributed by atoms with van der Waals surface area (Å²) in [5.41, 5.74) is 1.77. The van der Waals surface area contributed by atoms with Gasteiger partial charge in [0, 0.05) is 42.8 Å². The molecule has 0 spiro atoms. The van der Waals surface area contributed by atoms with Crippen LogP contribution in [0.1, 0.15) is 18.1 Å². The summed E-state index contributed by atoms with van der Waals surface area (Å²) in [5.74, 6) is 0.353. The molecule has 21 heavy (non-hydrogen) atoms. The topological polar surface area (TPSA) is 53.0 Å². The molecule has 0 radical (unpaired) electrons. The number of phenols is 1. The van der Waals surface area contributed by atoms with Crippen molar-refractivity contribution >= 4 is 22.0 Å². The molecule has 0 aliphatic carbocycles. The molecule has 5 nitrogen and oxygen atoms in total. The number of rotatable bonds is 3. The zero-order chi connectivity index (χ0) is 15.4. The summed E-state index contributed by atoms with van der Waals surface area (Å²) < 4.78 is 5.98. The fourth-order valence-corrected chi connectivity index (χ4v) is 3.09. The van der Waals surface area contributed by atoms with Crippen molar-refractivity contribution in [2.24, 2.45) is 0 Å². The second-order valence-electron chi connectivity index (χ2n) is 5.19. The lowest BCUT2D eigenvalue weighted by molar-refractivity contribution is 0.0776. The third-order valence-electron chi connectivity index (χ3n) is 3.64. The Hall–Kier alpha value is -1.27. The maximum absolute atomic E-state index is 11.6. The SMILES string of the molecule is CCOC(=O)N1CCN(Cc2cc(Br)cc(C)c2O)CC1. The Morgan fingerprint density at radius 1 is 1.33 bits per heavy atom. The number of amides is 1. The zero-order valence-corrected chi connectivity index (χ0v) is 14.0. The Labute approximate surface area is 133 Å². The monoisotopic (exact) mass is 356 g/mol. The van der Waals surface area contributed by atoms with Crippen molar-refractivity contribution in [2.75, 3.05) is 32.8 Å². The number of carbonyl (C=O) groups excluding carboxylic acids is 1. The number of phenolic OH excluding ortho intramolecular Hbond substituents is 1. The van der Waals surface area contributed by atoms with Gasteiger partial charge in [-0.2, -0.15) is 0 Å². The number of ether oxygens (including phenoxy) is 1. The minimum absolute atomic E-state index is 0.238. The van der Waals surface area contributed by atoms with Crippen LogP contribution in [0.5, 0.6) is 5.75 Å². The van der Waals surface area contributed by atoms with Gasteiger partial charge in [0.2, 0.25) is 0 Å². The molecule has 1 aliphatic heterocycles. The third-order valence-corrected chi connectivity index (χ3v) is 4.09. The van der Waals surface area contributed by atoms with Crippen molar-refractivity contribution in [3.63, 3.8) is 0 Å². The normalized spacial score (nSPS) is 16.0. The molecule has 1 saturated heterocycles. The number of carbonyl (C=O) groups is 1. The molecule has 0 bridgehead atoms. The van der Waals surface area contributed by atoms with E-state index in [1.165, 1.54) is 0 Å². The smallest absolute Gasteiger partial charge is 0.409 e. The van der Waals surface area contributed by atoms with E-state index in [2.05, 4.69) is 20.8 Å². The number of nitrogens with zero attached hydrogens (tertiary/aromatic N) is 2. The van der Waals surface area contributed by atoms with Gasteiger partial charge in [0.1, 0.15) is 5.75 Å². The minimum Gasteiger partial charge on any atom is -0.507 e. The summed E-state index contributed by atoms with van der Waals surface area (Å²) in [7, 11) is 0. The van der Waals surface area contributed by atoms with Crippen LogP contribution < -0.4 is 0 Å². The summed E-state index contributed by atoms with van der Waals surface area (Å²) in [6.45, 7) is 7.68. The van der Waals surface area contributed by atoms with E-state index in [9.17, 15) is 9.90 Å². The first-order valence-corrected chi connectivity index (χ1v) is 7.92. The standard InChI is InChI=1S/C15H21BrN2O3/c1-3-21-15(20)18-6-4-17(5-7-18)10-12-9-13(16)8-11(2)14(12)19/h8-9,19H,3-7,10H2,1-2H3. The molecule has 1 heterocycles. The summed E-state index contributed by atoms with van der Waals surface area (Å²) in [6, 6.07) is 3.84. The molecule has 1 amide bonds. The van der Waals surface area contributed by atoms with Gasteiger partial charge in [-0.1, -0.05) is 15.9 Å². The third kappa shape index (κ3) is 4.11. The molecule has 0 atom stereocenters. The summed E-state index contributed by atoms with van der Waals surface area (Å²) >= 11 is 3.46. The fraction of sp³-hybridized carbons (Fsp3) is 0.533. The van der Waals surface area contributed by atoms with Crippen LogP contribution in [0, 0.1) is 6.92 Å². The van der Waals surface area contributed by atoms with Crippen molar-refractivity contribution in [3.8, 4) is 5.75 Å². The van der Waals surface area contributed by atoms with Crippen molar-refractivity contribution in [1.82, 2.24) is 9.80 Å². The molecule has 0 unspecified atom stereocenters. The van der Waals surface area contributed by atoms with Gasteiger partial charge in [-0.3, -0.25) is 4.90 Å². The molecule has 0 saturated carbocycles. The van der Waals surface area contributed by atoms with E-state index in [0.717, 1.165) is 28.7 Å². The molecule has 1 aliphatic rings. The first-order chi connectivity index (χ1) is 10.0. The lowest BCUT2D eigenvalue weighted by Gasteiger charge is -2.34. The molecule has 116 valence electrons.